The first-order valence-corrected chi connectivity index (χ1v) is 6.01. The van der Waals surface area contributed by atoms with Crippen LogP contribution in [-0.4, -0.2) is 43.3 Å². The van der Waals surface area contributed by atoms with Gasteiger partial charge >= 0.3 is 0 Å². The molecule has 0 spiro atoms. The van der Waals surface area contributed by atoms with Gasteiger partial charge < -0.3 is 10.5 Å². The highest BCUT2D eigenvalue weighted by Crippen LogP contribution is 2.21. The second kappa shape index (κ2) is 5.10. The summed E-state index contributed by atoms with van der Waals surface area (Å²) >= 11 is 0. The van der Waals surface area contributed by atoms with Gasteiger partial charge in [-0.25, -0.2) is 0 Å². The van der Waals surface area contributed by atoms with Crippen LogP contribution in [0, 0.1) is 0 Å². The summed E-state index contributed by atoms with van der Waals surface area (Å²) in [6.45, 7) is 6.26. The number of hydrogen-bond acceptors (Lipinski definition) is 3. The van der Waals surface area contributed by atoms with Gasteiger partial charge in [0.15, 0.2) is 0 Å². The van der Waals surface area contributed by atoms with E-state index in [9.17, 15) is 0 Å². The maximum absolute atomic E-state index is 5.85. The molecule has 2 aliphatic heterocycles. The molecule has 2 unspecified atom stereocenters. The third-order valence-electron chi connectivity index (χ3n) is 3.44. The lowest BCUT2D eigenvalue weighted by Crippen LogP contribution is -2.36. The van der Waals surface area contributed by atoms with Gasteiger partial charge in [0, 0.05) is 26.2 Å². The molecule has 0 bridgehead atoms. The molecular formula is C12H22N2O. The average molecular weight is 210 g/mol. The van der Waals surface area contributed by atoms with Crippen LogP contribution in [0.4, 0.5) is 0 Å². The Morgan fingerprint density at radius 3 is 2.87 bits per heavy atom. The van der Waals surface area contributed by atoms with Gasteiger partial charge in [-0.1, -0.05) is 11.6 Å². The van der Waals surface area contributed by atoms with Crippen LogP contribution >= 0.6 is 0 Å². The monoisotopic (exact) mass is 210 g/mol. The van der Waals surface area contributed by atoms with Crippen molar-refractivity contribution in [2.24, 2.45) is 5.73 Å². The fraction of sp³-hybridized carbons (Fsp3) is 0.833. The quantitative estimate of drug-likeness (QED) is 0.710. The maximum Gasteiger partial charge on any atom is 0.0707 e. The summed E-state index contributed by atoms with van der Waals surface area (Å²) in [6.07, 6.45) is 6.61. The lowest BCUT2D eigenvalue weighted by Gasteiger charge is -2.27. The van der Waals surface area contributed by atoms with Crippen molar-refractivity contribution in [3.05, 3.63) is 11.6 Å². The van der Waals surface area contributed by atoms with Crippen LogP contribution in [0.5, 0.6) is 0 Å². The highest BCUT2D eigenvalue weighted by molar-refractivity contribution is 5.03. The summed E-state index contributed by atoms with van der Waals surface area (Å²) in [7, 11) is 0. The summed E-state index contributed by atoms with van der Waals surface area (Å²) in [6, 6.07) is 0. The van der Waals surface area contributed by atoms with Crippen molar-refractivity contribution in [2.75, 3.05) is 26.2 Å². The molecule has 3 nitrogen and oxygen atoms in total. The third kappa shape index (κ3) is 3.03. The van der Waals surface area contributed by atoms with Gasteiger partial charge in [0.1, 0.15) is 0 Å². The van der Waals surface area contributed by atoms with E-state index in [-0.39, 0.29) is 0 Å². The van der Waals surface area contributed by atoms with E-state index in [4.69, 9.17) is 10.5 Å². The van der Waals surface area contributed by atoms with Gasteiger partial charge in [-0.2, -0.15) is 0 Å². The number of rotatable bonds is 3. The molecule has 0 aromatic carbocycles. The molecule has 2 heterocycles. The molecule has 0 radical (unpaired) electrons. The van der Waals surface area contributed by atoms with Gasteiger partial charge in [-0.3, -0.25) is 4.90 Å². The minimum Gasteiger partial charge on any atom is -0.372 e. The normalized spacial score (nSPS) is 33.1. The predicted molar refractivity (Wildman–Crippen MR) is 61.8 cm³/mol. The zero-order valence-electron chi connectivity index (χ0n) is 9.61. The lowest BCUT2D eigenvalue weighted by molar-refractivity contribution is 0.0286. The van der Waals surface area contributed by atoms with Crippen LogP contribution < -0.4 is 5.73 Å². The van der Waals surface area contributed by atoms with Crippen molar-refractivity contribution in [1.82, 2.24) is 4.90 Å². The summed E-state index contributed by atoms with van der Waals surface area (Å²) < 4.78 is 5.85. The highest BCUT2D eigenvalue weighted by atomic mass is 16.5. The SMILES string of the molecule is CC1=CCN(CC2CCC(CN)O2)CC1. The summed E-state index contributed by atoms with van der Waals surface area (Å²) in [5, 5.41) is 0. The lowest BCUT2D eigenvalue weighted by atomic mass is 10.1. The largest absolute Gasteiger partial charge is 0.372 e. The Morgan fingerprint density at radius 1 is 1.47 bits per heavy atom. The Balaban J connectivity index is 1.74. The molecule has 0 aromatic heterocycles. The van der Waals surface area contributed by atoms with Crippen LogP contribution in [0.3, 0.4) is 0 Å². The van der Waals surface area contributed by atoms with Crippen molar-refractivity contribution in [3.63, 3.8) is 0 Å². The van der Waals surface area contributed by atoms with E-state index in [1.165, 1.54) is 25.0 Å². The van der Waals surface area contributed by atoms with E-state index in [2.05, 4.69) is 17.9 Å². The van der Waals surface area contributed by atoms with E-state index >= 15 is 0 Å². The molecular weight excluding hydrogens is 188 g/mol. The summed E-state index contributed by atoms with van der Waals surface area (Å²) in [5.41, 5.74) is 7.13. The molecule has 1 saturated heterocycles. The van der Waals surface area contributed by atoms with Crippen LogP contribution in [0.2, 0.25) is 0 Å². The zero-order chi connectivity index (χ0) is 10.7. The molecule has 0 aliphatic carbocycles. The van der Waals surface area contributed by atoms with Crippen LogP contribution in [0.25, 0.3) is 0 Å². The molecule has 0 saturated carbocycles. The molecule has 0 aromatic rings. The first-order chi connectivity index (χ1) is 7.28. The smallest absolute Gasteiger partial charge is 0.0707 e. The van der Waals surface area contributed by atoms with Crippen molar-refractivity contribution < 1.29 is 4.74 Å². The zero-order valence-corrected chi connectivity index (χ0v) is 9.61. The predicted octanol–water partition coefficient (Wildman–Crippen LogP) is 1.14. The van der Waals surface area contributed by atoms with Crippen LogP contribution in [0.1, 0.15) is 26.2 Å². The number of nitrogens with two attached hydrogens (primary N) is 1. The summed E-state index contributed by atoms with van der Waals surface area (Å²) in [4.78, 5) is 2.48. The van der Waals surface area contributed by atoms with Crippen molar-refractivity contribution >= 4 is 0 Å². The van der Waals surface area contributed by atoms with E-state index in [0.29, 0.717) is 18.8 Å². The average Bonchev–Trinajstić information content (AvgIpc) is 2.69. The van der Waals surface area contributed by atoms with Crippen LogP contribution in [-0.2, 0) is 4.74 Å². The fourth-order valence-corrected chi connectivity index (χ4v) is 2.35. The van der Waals surface area contributed by atoms with Crippen molar-refractivity contribution in [2.45, 2.75) is 38.4 Å². The van der Waals surface area contributed by atoms with E-state index in [1.807, 2.05) is 0 Å². The molecule has 2 aliphatic rings. The summed E-state index contributed by atoms with van der Waals surface area (Å²) in [5.74, 6) is 0. The van der Waals surface area contributed by atoms with Gasteiger partial charge in [0.25, 0.3) is 0 Å². The molecule has 15 heavy (non-hydrogen) atoms. The Bertz CT molecular complexity index is 240. The molecule has 2 N–H and O–H groups in total. The molecule has 2 atom stereocenters. The standard InChI is InChI=1S/C12H22N2O/c1-10-4-6-14(7-5-10)9-12-3-2-11(8-13)15-12/h4,11-12H,2-3,5-9,13H2,1H3. The molecule has 0 amide bonds. The molecule has 2 rings (SSSR count). The topological polar surface area (TPSA) is 38.5 Å². The van der Waals surface area contributed by atoms with Gasteiger partial charge in [-0.05, 0) is 26.2 Å². The minimum atomic E-state index is 0.317. The van der Waals surface area contributed by atoms with E-state index < -0.39 is 0 Å². The second-order valence-electron chi connectivity index (χ2n) is 4.75. The van der Waals surface area contributed by atoms with Crippen molar-refractivity contribution in [3.8, 4) is 0 Å². The molecule has 86 valence electrons. The van der Waals surface area contributed by atoms with E-state index in [1.54, 1.807) is 0 Å². The number of nitrogens with zero attached hydrogens (tertiary/aromatic N) is 1. The first kappa shape index (κ1) is 11.1. The second-order valence-corrected chi connectivity index (χ2v) is 4.75. The molecule has 3 heteroatoms. The Morgan fingerprint density at radius 2 is 2.27 bits per heavy atom. The fourth-order valence-electron chi connectivity index (χ4n) is 2.35. The first-order valence-electron chi connectivity index (χ1n) is 6.01. The Labute approximate surface area is 92.3 Å². The van der Waals surface area contributed by atoms with Gasteiger partial charge in [0.2, 0.25) is 0 Å². The Kier molecular flexibility index (Phi) is 3.78. The van der Waals surface area contributed by atoms with Gasteiger partial charge in [0.05, 0.1) is 12.2 Å². The number of hydrogen-bond donors (Lipinski definition) is 1. The number of ether oxygens (including phenoxy) is 1. The minimum absolute atomic E-state index is 0.317. The van der Waals surface area contributed by atoms with E-state index in [0.717, 1.165) is 19.5 Å². The molecule has 1 fully saturated rings. The van der Waals surface area contributed by atoms with Gasteiger partial charge in [-0.15, -0.1) is 0 Å². The van der Waals surface area contributed by atoms with Crippen molar-refractivity contribution in [1.29, 1.82) is 0 Å². The highest BCUT2D eigenvalue weighted by Gasteiger charge is 2.25. The Hall–Kier alpha value is -0.380. The third-order valence-corrected chi connectivity index (χ3v) is 3.44. The maximum atomic E-state index is 5.85. The van der Waals surface area contributed by atoms with Crippen LogP contribution in [0.15, 0.2) is 11.6 Å².